The van der Waals surface area contributed by atoms with Crippen molar-refractivity contribution < 1.29 is 9.90 Å². The van der Waals surface area contributed by atoms with Crippen molar-refractivity contribution >= 4 is 28.8 Å². The second-order valence-corrected chi connectivity index (χ2v) is 3.63. The van der Waals surface area contributed by atoms with Crippen molar-refractivity contribution in [2.24, 2.45) is 0 Å². The Balaban J connectivity index is 2.22. The van der Waals surface area contributed by atoms with E-state index in [9.17, 15) is 4.79 Å². The predicted octanol–water partition coefficient (Wildman–Crippen LogP) is 2.58. The Kier molecular flexibility index (Phi) is 2.64. The van der Waals surface area contributed by atoms with Crippen LogP contribution in [-0.4, -0.2) is 16.1 Å². The molecule has 15 heavy (non-hydrogen) atoms. The van der Waals surface area contributed by atoms with Gasteiger partial charge in [0.1, 0.15) is 5.82 Å². The normalized spacial score (nSPS) is 9.87. The van der Waals surface area contributed by atoms with Gasteiger partial charge in [0.25, 0.3) is 0 Å². The van der Waals surface area contributed by atoms with E-state index in [4.69, 9.17) is 5.11 Å². The lowest BCUT2D eigenvalue weighted by Gasteiger charge is -2.02. The standard InChI is InChI=1S/C10H8N2O2S/c13-10(14)8-2-1-3-9(12-8)11-7-4-5-15-6-7/h1-6H,(H,11,12)(H,13,14). The Morgan fingerprint density at radius 2 is 2.27 bits per heavy atom. The molecule has 0 unspecified atom stereocenters. The van der Waals surface area contributed by atoms with Crippen LogP contribution in [0.3, 0.4) is 0 Å². The van der Waals surface area contributed by atoms with Gasteiger partial charge in [-0.3, -0.25) is 0 Å². The molecule has 0 spiro atoms. The van der Waals surface area contributed by atoms with Crippen molar-refractivity contribution in [2.75, 3.05) is 5.32 Å². The molecular formula is C10H8N2O2S. The Bertz CT molecular complexity index is 468. The lowest BCUT2D eigenvalue weighted by atomic mass is 10.3. The zero-order chi connectivity index (χ0) is 10.7. The minimum Gasteiger partial charge on any atom is -0.477 e. The summed E-state index contributed by atoms with van der Waals surface area (Å²) in [5.74, 6) is -0.489. The third kappa shape index (κ3) is 2.32. The van der Waals surface area contributed by atoms with Crippen LogP contribution in [0.4, 0.5) is 11.5 Å². The van der Waals surface area contributed by atoms with Crippen LogP contribution in [0.5, 0.6) is 0 Å². The summed E-state index contributed by atoms with van der Waals surface area (Å²) in [4.78, 5) is 14.6. The van der Waals surface area contributed by atoms with Crippen LogP contribution in [0.15, 0.2) is 35.0 Å². The van der Waals surface area contributed by atoms with E-state index in [1.165, 1.54) is 6.07 Å². The summed E-state index contributed by atoms with van der Waals surface area (Å²) >= 11 is 1.56. The fourth-order valence-corrected chi connectivity index (χ4v) is 1.69. The number of carbonyl (C=O) groups is 1. The van der Waals surface area contributed by atoms with Crippen LogP contribution in [-0.2, 0) is 0 Å². The molecule has 2 aromatic heterocycles. The predicted molar refractivity (Wildman–Crippen MR) is 58.8 cm³/mol. The van der Waals surface area contributed by atoms with Gasteiger partial charge in [0.2, 0.25) is 0 Å². The maximum absolute atomic E-state index is 10.7. The van der Waals surface area contributed by atoms with Crippen molar-refractivity contribution in [1.82, 2.24) is 4.98 Å². The van der Waals surface area contributed by atoms with Crippen molar-refractivity contribution in [3.63, 3.8) is 0 Å². The molecule has 0 aliphatic carbocycles. The molecule has 0 saturated heterocycles. The van der Waals surface area contributed by atoms with E-state index in [0.29, 0.717) is 5.82 Å². The highest BCUT2D eigenvalue weighted by atomic mass is 32.1. The number of hydrogen-bond acceptors (Lipinski definition) is 4. The smallest absolute Gasteiger partial charge is 0.354 e. The molecule has 0 aliphatic rings. The average molecular weight is 220 g/mol. The number of nitrogens with zero attached hydrogens (tertiary/aromatic N) is 1. The van der Waals surface area contributed by atoms with E-state index < -0.39 is 5.97 Å². The third-order valence-electron chi connectivity index (χ3n) is 1.76. The first kappa shape index (κ1) is 9.67. The molecule has 76 valence electrons. The second kappa shape index (κ2) is 4.10. The van der Waals surface area contributed by atoms with Crippen molar-refractivity contribution in [3.05, 3.63) is 40.7 Å². The minimum absolute atomic E-state index is 0.0372. The largest absolute Gasteiger partial charge is 0.477 e. The molecule has 0 saturated carbocycles. The van der Waals surface area contributed by atoms with Gasteiger partial charge in [-0.25, -0.2) is 9.78 Å². The summed E-state index contributed by atoms with van der Waals surface area (Å²) in [7, 11) is 0. The maximum atomic E-state index is 10.7. The molecule has 0 aromatic carbocycles. The van der Waals surface area contributed by atoms with Crippen molar-refractivity contribution in [1.29, 1.82) is 0 Å². The van der Waals surface area contributed by atoms with Crippen LogP contribution in [0.2, 0.25) is 0 Å². The summed E-state index contributed by atoms with van der Waals surface area (Å²) < 4.78 is 0. The molecule has 0 aliphatic heterocycles. The van der Waals surface area contributed by atoms with Gasteiger partial charge in [-0.05, 0) is 23.6 Å². The van der Waals surface area contributed by atoms with E-state index in [2.05, 4.69) is 10.3 Å². The first-order valence-electron chi connectivity index (χ1n) is 4.25. The Hall–Kier alpha value is -1.88. The monoisotopic (exact) mass is 220 g/mol. The Morgan fingerprint density at radius 3 is 2.93 bits per heavy atom. The summed E-state index contributed by atoms with van der Waals surface area (Å²) in [5.41, 5.74) is 0.949. The number of carboxylic acid groups (broad SMARTS) is 1. The van der Waals surface area contributed by atoms with Crippen LogP contribution in [0.25, 0.3) is 0 Å². The van der Waals surface area contributed by atoms with E-state index >= 15 is 0 Å². The average Bonchev–Trinajstić information content (AvgIpc) is 2.71. The van der Waals surface area contributed by atoms with Gasteiger partial charge < -0.3 is 10.4 Å². The quantitative estimate of drug-likeness (QED) is 0.834. The number of aromatic nitrogens is 1. The molecule has 0 amide bonds. The van der Waals surface area contributed by atoms with Crippen molar-refractivity contribution in [3.8, 4) is 0 Å². The number of thiophene rings is 1. The van der Waals surface area contributed by atoms with Gasteiger partial charge in [-0.1, -0.05) is 6.07 Å². The van der Waals surface area contributed by atoms with Gasteiger partial charge in [0.05, 0.1) is 5.69 Å². The molecule has 0 radical (unpaired) electrons. The number of aromatic carboxylic acids is 1. The molecular weight excluding hydrogens is 212 g/mol. The zero-order valence-electron chi connectivity index (χ0n) is 7.68. The number of carboxylic acids is 1. The fraction of sp³-hybridized carbons (Fsp3) is 0. The van der Waals surface area contributed by atoms with E-state index in [-0.39, 0.29) is 5.69 Å². The number of pyridine rings is 1. The highest BCUT2D eigenvalue weighted by molar-refractivity contribution is 7.08. The molecule has 4 nitrogen and oxygen atoms in total. The molecule has 2 aromatic rings. The lowest BCUT2D eigenvalue weighted by Crippen LogP contribution is -2.02. The number of hydrogen-bond donors (Lipinski definition) is 2. The summed E-state index contributed by atoms with van der Waals surface area (Å²) in [6, 6.07) is 6.75. The molecule has 2 N–H and O–H groups in total. The van der Waals surface area contributed by atoms with Crippen LogP contribution in [0.1, 0.15) is 10.5 Å². The highest BCUT2D eigenvalue weighted by Crippen LogP contribution is 2.17. The molecule has 2 heterocycles. The van der Waals surface area contributed by atoms with Crippen LogP contribution >= 0.6 is 11.3 Å². The molecule has 0 bridgehead atoms. The number of nitrogens with one attached hydrogen (secondary N) is 1. The fourth-order valence-electron chi connectivity index (χ4n) is 1.11. The SMILES string of the molecule is O=C(O)c1cccc(Nc2ccsc2)n1. The zero-order valence-corrected chi connectivity index (χ0v) is 8.49. The Labute approximate surface area is 90.2 Å². The lowest BCUT2D eigenvalue weighted by molar-refractivity contribution is 0.0690. The van der Waals surface area contributed by atoms with E-state index in [0.717, 1.165) is 5.69 Å². The third-order valence-corrected chi connectivity index (χ3v) is 2.45. The molecule has 2 rings (SSSR count). The van der Waals surface area contributed by atoms with E-state index in [1.807, 2.05) is 16.8 Å². The second-order valence-electron chi connectivity index (χ2n) is 2.85. The summed E-state index contributed by atoms with van der Waals surface area (Å²) in [6.45, 7) is 0. The van der Waals surface area contributed by atoms with Gasteiger partial charge in [0.15, 0.2) is 5.69 Å². The first-order chi connectivity index (χ1) is 7.25. The highest BCUT2D eigenvalue weighted by Gasteiger charge is 2.04. The van der Waals surface area contributed by atoms with Gasteiger partial charge in [-0.15, -0.1) is 0 Å². The van der Waals surface area contributed by atoms with Gasteiger partial charge >= 0.3 is 5.97 Å². The Morgan fingerprint density at radius 1 is 1.40 bits per heavy atom. The molecule has 0 fully saturated rings. The number of anilines is 2. The van der Waals surface area contributed by atoms with Gasteiger partial charge in [0, 0.05) is 5.38 Å². The summed E-state index contributed by atoms with van der Waals surface area (Å²) in [6.07, 6.45) is 0. The minimum atomic E-state index is -1.02. The topological polar surface area (TPSA) is 62.2 Å². The van der Waals surface area contributed by atoms with Crippen LogP contribution < -0.4 is 5.32 Å². The van der Waals surface area contributed by atoms with E-state index in [1.54, 1.807) is 23.5 Å². The molecule has 0 atom stereocenters. The van der Waals surface area contributed by atoms with Crippen molar-refractivity contribution in [2.45, 2.75) is 0 Å². The number of rotatable bonds is 3. The molecule has 5 heteroatoms. The summed E-state index contributed by atoms with van der Waals surface area (Å²) in [5, 5.41) is 15.6. The van der Waals surface area contributed by atoms with Gasteiger partial charge in [-0.2, -0.15) is 11.3 Å². The first-order valence-corrected chi connectivity index (χ1v) is 5.19. The maximum Gasteiger partial charge on any atom is 0.354 e. The van der Waals surface area contributed by atoms with Crippen LogP contribution in [0, 0.1) is 0 Å².